The molecule has 2 aromatic rings. The van der Waals surface area contributed by atoms with Gasteiger partial charge >= 0.3 is 6.03 Å². The molecule has 4 amide bonds. The van der Waals surface area contributed by atoms with E-state index in [2.05, 4.69) is 5.32 Å². The Morgan fingerprint density at radius 2 is 1.80 bits per heavy atom. The van der Waals surface area contributed by atoms with Crippen molar-refractivity contribution in [3.8, 4) is 0 Å². The number of hydrogen-bond donors (Lipinski definition) is 1. The van der Waals surface area contributed by atoms with Crippen LogP contribution in [0.5, 0.6) is 0 Å². The van der Waals surface area contributed by atoms with Gasteiger partial charge in [0.1, 0.15) is 6.04 Å². The summed E-state index contributed by atoms with van der Waals surface area (Å²) in [4.78, 5) is 38.6. The third-order valence-corrected chi connectivity index (χ3v) is 4.71. The second kappa shape index (κ2) is 6.14. The highest BCUT2D eigenvalue weighted by Crippen LogP contribution is 2.33. The van der Waals surface area contributed by atoms with E-state index in [0.29, 0.717) is 11.3 Å². The number of imide groups is 3. The maximum Gasteiger partial charge on any atom is 0.334 e. The second-order valence-electron chi connectivity index (χ2n) is 6.24. The molecule has 6 nitrogen and oxygen atoms in total. The van der Waals surface area contributed by atoms with E-state index in [4.69, 9.17) is 0 Å². The van der Waals surface area contributed by atoms with Crippen molar-refractivity contribution in [2.75, 3.05) is 0 Å². The molecule has 126 valence electrons. The average Bonchev–Trinajstić information content (AvgIpc) is 3.18. The third-order valence-electron chi connectivity index (χ3n) is 4.71. The van der Waals surface area contributed by atoms with Crippen molar-refractivity contribution in [2.24, 2.45) is 0 Å². The van der Waals surface area contributed by atoms with Crippen molar-refractivity contribution in [2.45, 2.75) is 25.7 Å². The lowest BCUT2D eigenvalue weighted by Gasteiger charge is -2.22. The van der Waals surface area contributed by atoms with E-state index in [1.807, 2.05) is 48.5 Å². The first kappa shape index (κ1) is 15.5. The minimum atomic E-state index is -0.774. The van der Waals surface area contributed by atoms with Crippen molar-refractivity contribution < 1.29 is 14.4 Å². The Kier molecular flexibility index (Phi) is 3.82. The fraction of sp³-hybridized carbons (Fsp3) is 0.211. The fourth-order valence-electron chi connectivity index (χ4n) is 3.45. The first-order valence-corrected chi connectivity index (χ1v) is 8.14. The van der Waals surface area contributed by atoms with Gasteiger partial charge in [-0.25, -0.2) is 9.69 Å². The summed E-state index contributed by atoms with van der Waals surface area (Å²) in [6.07, 6.45) is 0.303. The third kappa shape index (κ3) is 2.60. The van der Waals surface area contributed by atoms with E-state index in [-0.39, 0.29) is 6.54 Å². The molecule has 2 aliphatic rings. The second-order valence-corrected chi connectivity index (χ2v) is 6.24. The molecule has 1 saturated heterocycles. The van der Waals surface area contributed by atoms with Crippen molar-refractivity contribution in [1.82, 2.24) is 15.1 Å². The quantitative estimate of drug-likeness (QED) is 0.685. The van der Waals surface area contributed by atoms with Crippen LogP contribution >= 0.6 is 0 Å². The Bertz CT molecular complexity index is 850. The Labute approximate surface area is 145 Å². The van der Waals surface area contributed by atoms with E-state index in [1.165, 1.54) is 10.5 Å². The summed E-state index contributed by atoms with van der Waals surface area (Å²) in [5.41, 5.74) is 3.97. The smallest absolute Gasteiger partial charge is 0.309 e. The van der Waals surface area contributed by atoms with Crippen molar-refractivity contribution >= 4 is 18.3 Å². The lowest BCUT2D eigenvalue weighted by molar-refractivity contribution is -0.133. The summed E-state index contributed by atoms with van der Waals surface area (Å²) in [6.45, 7) is 1.82. The monoisotopic (exact) mass is 335 g/mol. The number of rotatable bonds is 4. The van der Waals surface area contributed by atoms with Crippen LogP contribution < -0.4 is 5.32 Å². The molecule has 0 aliphatic carbocycles. The molecule has 2 aliphatic heterocycles. The number of nitrogens with one attached hydrogen (secondary N) is 1. The van der Waals surface area contributed by atoms with Crippen LogP contribution in [0.4, 0.5) is 4.79 Å². The molecule has 25 heavy (non-hydrogen) atoms. The maximum absolute atomic E-state index is 12.7. The van der Waals surface area contributed by atoms with Gasteiger partial charge < -0.3 is 10.2 Å². The van der Waals surface area contributed by atoms with Crippen LogP contribution in [0.2, 0.25) is 0 Å². The van der Waals surface area contributed by atoms with Gasteiger partial charge in [0.25, 0.3) is 5.91 Å². The van der Waals surface area contributed by atoms with Crippen LogP contribution in [0.15, 0.2) is 48.5 Å². The van der Waals surface area contributed by atoms with Crippen LogP contribution in [0.25, 0.3) is 0 Å². The highest BCUT2D eigenvalue weighted by Gasteiger charge is 2.46. The molecule has 4 rings (SSSR count). The van der Waals surface area contributed by atoms with Gasteiger partial charge in [0.2, 0.25) is 6.41 Å². The molecule has 0 bridgehead atoms. The Hall–Kier alpha value is -2.99. The van der Waals surface area contributed by atoms with Gasteiger partial charge in [0.15, 0.2) is 0 Å². The predicted molar refractivity (Wildman–Crippen MR) is 90.0 cm³/mol. The van der Waals surface area contributed by atoms with Crippen LogP contribution in [0, 0.1) is 0 Å². The summed E-state index contributed by atoms with van der Waals surface area (Å²) in [5, 5.41) is 3.26. The van der Waals surface area contributed by atoms with Crippen LogP contribution in [0.1, 0.15) is 28.3 Å². The summed E-state index contributed by atoms with van der Waals surface area (Å²) >= 11 is 0. The van der Waals surface area contributed by atoms with Crippen molar-refractivity contribution in [1.29, 1.82) is 0 Å². The van der Waals surface area contributed by atoms with Gasteiger partial charge in [-0.2, -0.15) is 0 Å². The van der Waals surface area contributed by atoms with Crippen LogP contribution in [-0.2, 0) is 29.2 Å². The molecule has 1 atom stereocenters. The summed E-state index contributed by atoms with van der Waals surface area (Å²) in [5.74, 6) is -0.498. The van der Waals surface area contributed by atoms with Crippen molar-refractivity contribution in [3.05, 3.63) is 70.8 Å². The predicted octanol–water partition coefficient (Wildman–Crippen LogP) is 1.95. The molecule has 0 aromatic heterocycles. The number of urea groups is 1. The zero-order valence-corrected chi connectivity index (χ0v) is 13.5. The van der Waals surface area contributed by atoms with E-state index in [9.17, 15) is 14.4 Å². The first-order chi connectivity index (χ1) is 12.2. The van der Waals surface area contributed by atoms with E-state index in [0.717, 1.165) is 29.8 Å². The minimum Gasteiger partial charge on any atom is -0.309 e. The average molecular weight is 335 g/mol. The molecule has 2 aromatic carbocycles. The van der Waals surface area contributed by atoms with Gasteiger partial charge in [0.05, 0.1) is 0 Å². The number of amides is 4. The highest BCUT2D eigenvalue weighted by molar-refractivity contribution is 6.11. The number of fused-ring (bicyclic) bond motifs is 1. The SMILES string of the molecule is O=CN1C(=O)C(c2ccc3c(c2)CNC3)N(Cc2ccccc2)C1=O. The number of carbonyl (C=O) groups excluding carboxylic acids is 3. The molecular formula is C19H17N3O3. The highest BCUT2D eigenvalue weighted by atomic mass is 16.2. The van der Waals surface area contributed by atoms with Gasteiger partial charge in [-0.3, -0.25) is 9.59 Å². The molecule has 6 heteroatoms. The van der Waals surface area contributed by atoms with Crippen LogP contribution in [0.3, 0.4) is 0 Å². The van der Waals surface area contributed by atoms with Gasteiger partial charge in [-0.05, 0) is 22.3 Å². The zero-order chi connectivity index (χ0) is 17.4. The molecule has 0 radical (unpaired) electrons. The Morgan fingerprint density at radius 1 is 1.04 bits per heavy atom. The molecular weight excluding hydrogens is 318 g/mol. The number of carbonyl (C=O) groups is 3. The number of nitrogens with zero attached hydrogens (tertiary/aromatic N) is 2. The largest absolute Gasteiger partial charge is 0.334 e. The molecule has 1 unspecified atom stereocenters. The molecule has 0 saturated carbocycles. The maximum atomic E-state index is 12.7. The van der Waals surface area contributed by atoms with Gasteiger partial charge in [-0.1, -0.05) is 48.5 Å². The molecule has 1 N–H and O–H groups in total. The molecule has 1 fully saturated rings. The Morgan fingerprint density at radius 3 is 2.56 bits per heavy atom. The van der Waals surface area contributed by atoms with Gasteiger partial charge in [0, 0.05) is 19.6 Å². The zero-order valence-electron chi connectivity index (χ0n) is 13.5. The minimum absolute atomic E-state index is 0.274. The van der Waals surface area contributed by atoms with E-state index >= 15 is 0 Å². The normalized spacial score (nSPS) is 19.4. The van der Waals surface area contributed by atoms with E-state index in [1.54, 1.807) is 0 Å². The molecule has 0 spiro atoms. The van der Waals surface area contributed by atoms with Gasteiger partial charge in [-0.15, -0.1) is 0 Å². The topological polar surface area (TPSA) is 69.7 Å². The van der Waals surface area contributed by atoms with E-state index < -0.39 is 18.0 Å². The Balaban J connectivity index is 1.72. The standard InChI is InChI=1S/C19H17N3O3/c23-12-22-18(24)17(14-6-7-15-9-20-10-16(15)8-14)21(19(22)25)11-13-4-2-1-3-5-13/h1-8,12,17,20H,9-11H2. The molecule has 2 heterocycles. The summed E-state index contributed by atoms with van der Waals surface area (Å²) in [6, 6.07) is 13.9. The lowest BCUT2D eigenvalue weighted by atomic mass is 10.00. The summed E-state index contributed by atoms with van der Waals surface area (Å²) < 4.78 is 0. The van der Waals surface area contributed by atoms with Crippen LogP contribution in [-0.4, -0.2) is 28.1 Å². The number of hydrogen-bond acceptors (Lipinski definition) is 4. The summed E-state index contributed by atoms with van der Waals surface area (Å²) in [7, 11) is 0. The van der Waals surface area contributed by atoms with Crippen molar-refractivity contribution in [3.63, 3.8) is 0 Å². The lowest BCUT2D eigenvalue weighted by Crippen LogP contribution is -2.31. The fourth-order valence-corrected chi connectivity index (χ4v) is 3.45. The number of benzene rings is 2. The first-order valence-electron chi connectivity index (χ1n) is 8.14.